The zero-order chi connectivity index (χ0) is 26.6. The predicted octanol–water partition coefficient (Wildman–Crippen LogP) is 0.856. The Labute approximate surface area is 201 Å². The highest BCUT2D eigenvalue weighted by Gasteiger charge is 2.33. The molecule has 11 heteroatoms. The van der Waals surface area contributed by atoms with E-state index >= 15 is 0 Å². The molecule has 6 atom stereocenters. The van der Waals surface area contributed by atoms with E-state index < -0.39 is 53.8 Å². The summed E-state index contributed by atoms with van der Waals surface area (Å²) in [6, 6.07) is -4.29. The second-order valence-corrected chi connectivity index (χ2v) is 9.31. The molecule has 0 aliphatic carbocycles. The lowest BCUT2D eigenvalue weighted by Gasteiger charge is -2.28. The number of aliphatic carboxylic acids is 2. The van der Waals surface area contributed by atoms with Gasteiger partial charge in [-0.2, -0.15) is 0 Å². The van der Waals surface area contributed by atoms with Gasteiger partial charge in [-0.15, -0.1) is 0 Å². The van der Waals surface area contributed by atoms with Crippen LogP contribution < -0.4 is 21.7 Å². The van der Waals surface area contributed by atoms with Gasteiger partial charge in [0, 0.05) is 6.42 Å². The van der Waals surface area contributed by atoms with Gasteiger partial charge in [-0.05, 0) is 30.6 Å². The van der Waals surface area contributed by atoms with Gasteiger partial charge in [0.05, 0.1) is 6.04 Å². The van der Waals surface area contributed by atoms with Crippen LogP contribution in [-0.2, 0) is 24.0 Å². The minimum absolute atomic E-state index is 0.0170. The Morgan fingerprint density at radius 1 is 0.765 bits per heavy atom. The fourth-order valence-electron chi connectivity index (χ4n) is 3.23. The molecular formula is C23H42N4O7. The predicted molar refractivity (Wildman–Crippen MR) is 127 cm³/mol. The monoisotopic (exact) mass is 486 g/mol. The van der Waals surface area contributed by atoms with Crippen molar-refractivity contribution in [3.63, 3.8) is 0 Å². The van der Waals surface area contributed by atoms with Crippen molar-refractivity contribution in [3.05, 3.63) is 0 Å². The van der Waals surface area contributed by atoms with Gasteiger partial charge in [0.1, 0.15) is 18.1 Å². The number of carbonyl (C=O) groups is 5. The van der Waals surface area contributed by atoms with Crippen LogP contribution in [0.4, 0.5) is 0 Å². The first-order valence-electron chi connectivity index (χ1n) is 11.9. The van der Waals surface area contributed by atoms with Crippen molar-refractivity contribution in [3.8, 4) is 0 Å². The van der Waals surface area contributed by atoms with E-state index in [1.807, 2.05) is 27.7 Å². The molecule has 0 aliphatic rings. The van der Waals surface area contributed by atoms with Crippen molar-refractivity contribution in [2.45, 2.75) is 97.8 Å². The molecule has 0 saturated carbocycles. The Hall–Kier alpha value is -2.69. The molecule has 0 heterocycles. The Kier molecular flexibility index (Phi) is 14.1. The normalized spacial score (nSPS) is 16.5. The third-order valence-electron chi connectivity index (χ3n) is 5.95. The number of nitrogens with one attached hydrogen (secondary N) is 3. The van der Waals surface area contributed by atoms with Crippen molar-refractivity contribution in [2.75, 3.05) is 0 Å². The van der Waals surface area contributed by atoms with E-state index in [4.69, 9.17) is 10.8 Å². The second kappa shape index (κ2) is 15.3. The Morgan fingerprint density at radius 2 is 1.29 bits per heavy atom. The first kappa shape index (κ1) is 31.3. The van der Waals surface area contributed by atoms with Crippen LogP contribution in [-0.4, -0.2) is 64.0 Å². The molecule has 0 aromatic carbocycles. The minimum atomic E-state index is -1.22. The van der Waals surface area contributed by atoms with E-state index in [2.05, 4.69) is 16.0 Å². The molecule has 0 bridgehead atoms. The molecule has 11 nitrogen and oxygen atoms in total. The molecule has 0 saturated heterocycles. The summed E-state index contributed by atoms with van der Waals surface area (Å²) in [7, 11) is 0. The van der Waals surface area contributed by atoms with Crippen molar-refractivity contribution in [1.82, 2.24) is 16.0 Å². The minimum Gasteiger partial charge on any atom is -0.481 e. The van der Waals surface area contributed by atoms with Gasteiger partial charge >= 0.3 is 11.9 Å². The summed E-state index contributed by atoms with van der Waals surface area (Å²) in [6.07, 6.45) is 0.781. The number of hydrogen-bond acceptors (Lipinski definition) is 6. The maximum absolute atomic E-state index is 13.0. The van der Waals surface area contributed by atoms with Crippen molar-refractivity contribution < 1.29 is 34.2 Å². The molecule has 0 fully saturated rings. The molecule has 3 amide bonds. The summed E-state index contributed by atoms with van der Waals surface area (Å²) in [6.45, 7) is 10.9. The number of amides is 3. The fourth-order valence-corrected chi connectivity index (χ4v) is 3.23. The summed E-state index contributed by atoms with van der Waals surface area (Å²) in [5, 5.41) is 26.1. The first-order valence-corrected chi connectivity index (χ1v) is 11.9. The highest BCUT2D eigenvalue weighted by atomic mass is 16.4. The molecule has 0 aromatic rings. The molecule has 0 aliphatic heterocycles. The van der Waals surface area contributed by atoms with Gasteiger partial charge in [0.15, 0.2) is 0 Å². The van der Waals surface area contributed by atoms with Crippen LogP contribution in [0.2, 0.25) is 0 Å². The highest BCUT2D eigenvalue weighted by molar-refractivity contribution is 5.94. The van der Waals surface area contributed by atoms with E-state index in [1.165, 1.54) is 0 Å². The molecule has 34 heavy (non-hydrogen) atoms. The molecule has 196 valence electrons. The van der Waals surface area contributed by atoms with Gasteiger partial charge in [-0.1, -0.05) is 54.4 Å². The number of rotatable bonds is 16. The Balaban J connectivity index is 5.66. The molecule has 0 rings (SSSR count). The van der Waals surface area contributed by atoms with Crippen LogP contribution >= 0.6 is 0 Å². The maximum Gasteiger partial charge on any atom is 0.326 e. The van der Waals surface area contributed by atoms with Crippen LogP contribution in [0.15, 0.2) is 0 Å². The lowest BCUT2D eigenvalue weighted by molar-refractivity contribution is -0.143. The van der Waals surface area contributed by atoms with Gasteiger partial charge in [0.25, 0.3) is 0 Å². The van der Waals surface area contributed by atoms with Gasteiger partial charge in [-0.25, -0.2) is 4.79 Å². The quantitative estimate of drug-likeness (QED) is 0.185. The molecule has 0 aromatic heterocycles. The summed E-state index contributed by atoms with van der Waals surface area (Å²) in [5.41, 5.74) is 5.94. The van der Waals surface area contributed by atoms with Crippen molar-refractivity contribution in [2.24, 2.45) is 23.5 Å². The Morgan fingerprint density at radius 3 is 1.74 bits per heavy atom. The van der Waals surface area contributed by atoms with Gasteiger partial charge in [-0.3, -0.25) is 19.2 Å². The number of carboxylic acids is 2. The van der Waals surface area contributed by atoms with E-state index in [-0.39, 0.29) is 37.0 Å². The van der Waals surface area contributed by atoms with E-state index in [1.54, 1.807) is 13.8 Å². The fraction of sp³-hybridized carbons (Fsp3) is 0.783. The maximum atomic E-state index is 13.0. The molecule has 7 N–H and O–H groups in total. The Bertz CT molecular complexity index is 713. The number of hydrogen-bond donors (Lipinski definition) is 6. The SMILES string of the molecule is CCC(C)C(N)C(=O)NC(CCC(=O)O)C(=O)NC(C(=O)NC(CC(C)C)C(=O)O)C(C)CC. The molecular weight excluding hydrogens is 444 g/mol. The molecule has 6 unspecified atom stereocenters. The number of carboxylic acid groups (broad SMARTS) is 2. The van der Waals surface area contributed by atoms with Crippen LogP contribution in [0, 0.1) is 17.8 Å². The second-order valence-electron chi connectivity index (χ2n) is 9.31. The third-order valence-corrected chi connectivity index (χ3v) is 5.95. The standard InChI is InChI=1S/C23H42N4O7/c1-7-13(5)18(24)21(31)25-15(9-10-17(28)29)20(30)27-19(14(6)8-2)22(32)26-16(23(33)34)11-12(3)4/h12-16,18-19H,7-11,24H2,1-6H3,(H,25,31)(H,26,32)(H,27,30)(H,28,29)(H,33,34). The average molecular weight is 487 g/mol. The van der Waals surface area contributed by atoms with Crippen LogP contribution in [0.3, 0.4) is 0 Å². The number of carbonyl (C=O) groups excluding carboxylic acids is 3. The third kappa shape index (κ3) is 11.0. The van der Waals surface area contributed by atoms with E-state index in [0.717, 1.165) is 0 Å². The van der Waals surface area contributed by atoms with Crippen LogP contribution in [0.25, 0.3) is 0 Å². The van der Waals surface area contributed by atoms with Crippen molar-refractivity contribution >= 4 is 29.7 Å². The summed E-state index contributed by atoms with van der Waals surface area (Å²) >= 11 is 0. The van der Waals surface area contributed by atoms with E-state index in [9.17, 15) is 29.1 Å². The molecule has 0 spiro atoms. The van der Waals surface area contributed by atoms with Gasteiger partial charge < -0.3 is 31.9 Å². The van der Waals surface area contributed by atoms with Gasteiger partial charge in [0.2, 0.25) is 17.7 Å². The summed E-state index contributed by atoms with van der Waals surface area (Å²) in [5.74, 6) is -4.80. The van der Waals surface area contributed by atoms with E-state index in [0.29, 0.717) is 12.8 Å². The highest BCUT2D eigenvalue weighted by Crippen LogP contribution is 2.12. The largest absolute Gasteiger partial charge is 0.481 e. The van der Waals surface area contributed by atoms with Crippen molar-refractivity contribution in [1.29, 1.82) is 0 Å². The average Bonchev–Trinajstić information content (AvgIpc) is 2.76. The summed E-state index contributed by atoms with van der Waals surface area (Å²) in [4.78, 5) is 61.1. The summed E-state index contributed by atoms with van der Waals surface area (Å²) < 4.78 is 0. The van der Waals surface area contributed by atoms with Crippen LogP contribution in [0.1, 0.15) is 73.6 Å². The number of nitrogens with two attached hydrogens (primary N) is 1. The zero-order valence-corrected chi connectivity index (χ0v) is 21.1. The topological polar surface area (TPSA) is 188 Å². The van der Waals surface area contributed by atoms with Crippen LogP contribution in [0.5, 0.6) is 0 Å². The smallest absolute Gasteiger partial charge is 0.326 e. The lowest BCUT2D eigenvalue weighted by Crippen LogP contribution is -2.59. The lowest BCUT2D eigenvalue weighted by atomic mass is 9.96. The first-order chi connectivity index (χ1) is 15.7. The molecule has 0 radical (unpaired) electrons. The zero-order valence-electron chi connectivity index (χ0n) is 21.1.